The molecule has 0 aromatic heterocycles. The van der Waals surface area contributed by atoms with Gasteiger partial charge in [-0.05, 0) is 35.8 Å². The first-order valence-electron chi connectivity index (χ1n) is 6.32. The van der Waals surface area contributed by atoms with Crippen molar-refractivity contribution in [3.8, 4) is 0 Å². The number of hydrazone groups is 1. The molecule has 0 spiro atoms. The van der Waals surface area contributed by atoms with Crippen LogP contribution in [0.4, 0.5) is 10.1 Å². The molecule has 0 amide bonds. The molecule has 22 heavy (non-hydrogen) atoms. The molecule has 0 aliphatic carbocycles. The highest BCUT2D eigenvalue weighted by Crippen LogP contribution is 2.20. The van der Waals surface area contributed by atoms with E-state index in [-0.39, 0.29) is 15.9 Å². The Hall–Kier alpha value is -2.39. The number of fused-ring (bicyclic) bond motifs is 1. The highest BCUT2D eigenvalue weighted by Gasteiger charge is 2.38. The maximum absolute atomic E-state index is 13.7. The molecule has 1 aliphatic heterocycles. The summed E-state index contributed by atoms with van der Waals surface area (Å²) in [6, 6.07) is 9.54. The monoisotopic (exact) mass is 319 g/mol. The fourth-order valence-corrected chi connectivity index (χ4v) is 3.40. The Morgan fingerprint density at radius 3 is 2.55 bits per heavy atom. The Labute approximate surface area is 126 Å². The van der Waals surface area contributed by atoms with Crippen LogP contribution in [-0.2, 0) is 10.0 Å². The molecule has 112 valence electrons. The molecular formula is C13H11BFN3O3S. The normalized spacial score (nSPS) is 14.1. The average Bonchev–Trinajstić information content (AvgIpc) is 2.49. The number of halogens is 1. The number of nitrogens with two attached hydrogens (primary N) is 1. The van der Waals surface area contributed by atoms with E-state index >= 15 is 0 Å². The van der Waals surface area contributed by atoms with Gasteiger partial charge in [-0.2, -0.15) is 9.43 Å². The van der Waals surface area contributed by atoms with Crippen molar-refractivity contribution >= 4 is 34.4 Å². The standard InChI is InChI=1S/C13H11BFN3O3S/c15-13-3-1-2-12-11(13)8-17-18(14(12)19)22(20,21)10-6-4-9(16)5-7-10/h1-8,19H,16H2. The van der Waals surface area contributed by atoms with Crippen LogP contribution in [0.15, 0.2) is 52.5 Å². The third kappa shape index (κ3) is 2.24. The second kappa shape index (κ2) is 5.11. The molecule has 0 fully saturated rings. The van der Waals surface area contributed by atoms with E-state index in [4.69, 9.17) is 5.73 Å². The van der Waals surface area contributed by atoms with Crippen LogP contribution >= 0.6 is 0 Å². The van der Waals surface area contributed by atoms with E-state index < -0.39 is 22.9 Å². The molecular weight excluding hydrogens is 308 g/mol. The fraction of sp³-hybridized carbons (Fsp3) is 0. The fourth-order valence-electron chi connectivity index (χ4n) is 2.15. The maximum atomic E-state index is 13.7. The minimum Gasteiger partial charge on any atom is -0.427 e. The first-order chi connectivity index (χ1) is 10.4. The molecule has 9 heteroatoms. The van der Waals surface area contributed by atoms with Gasteiger partial charge in [-0.3, -0.25) is 0 Å². The number of anilines is 1. The van der Waals surface area contributed by atoms with Gasteiger partial charge in [-0.1, -0.05) is 12.1 Å². The number of benzene rings is 2. The first-order valence-corrected chi connectivity index (χ1v) is 7.76. The molecule has 0 radical (unpaired) electrons. The SMILES string of the molecule is Nc1ccc(S(=O)(=O)N2N=Cc3c(F)cccc3B2O)cc1. The third-order valence-electron chi connectivity index (χ3n) is 3.30. The van der Waals surface area contributed by atoms with Gasteiger partial charge in [0, 0.05) is 11.3 Å². The number of hydrogen-bond acceptors (Lipinski definition) is 5. The summed E-state index contributed by atoms with van der Waals surface area (Å²) in [4.78, 5) is -0.0715. The number of nitrogens with zero attached hydrogens (tertiary/aromatic N) is 2. The molecule has 1 aliphatic rings. The van der Waals surface area contributed by atoms with Gasteiger partial charge in [0.15, 0.2) is 0 Å². The van der Waals surface area contributed by atoms with Crippen LogP contribution in [0.5, 0.6) is 0 Å². The second-order valence-electron chi connectivity index (χ2n) is 4.71. The highest BCUT2D eigenvalue weighted by molar-refractivity contribution is 7.90. The zero-order valence-corrected chi connectivity index (χ0v) is 12.0. The Morgan fingerprint density at radius 2 is 1.86 bits per heavy atom. The Kier molecular flexibility index (Phi) is 3.38. The van der Waals surface area contributed by atoms with Crippen molar-refractivity contribution in [1.29, 1.82) is 0 Å². The van der Waals surface area contributed by atoms with Crippen LogP contribution in [0.3, 0.4) is 0 Å². The van der Waals surface area contributed by atoms with Crippen molar-refractivity contribution in [2.24, 2.45) is 5.10 Å². The van der Waals surface area contributed by atoms with Crippen LogP contribution < -0.4 is 11.2 Å². The lowest BCUT2D eigenvalue weighted by Gasteiger charge is -2.26. The summed E-state index contributed by atoms with van der Waals surface area (Å²) in [7, 11) is -5.67. The molecule has 2 aromatic carbocycles. The summed E-state index contributed by atoms with van der Waals surface area (Å²) in [5.41, 5.74) is 6.14. The van der Waals surface area contributed by atoms with E-state index in [1.165, 1.54) is 42.5 Å². The van der Waals surface area contributed by atoms with E-state index in [1.54, 1.807) is 0 Å². The number of hydrogen-bond donors (Lipinski definition) is 2. The van der Waals surface area contributed by atoms with Gasteiger partial charge in [0.25, 0.3) is 10.0 Å². The van der Waals surface area contributed by atoms with Gasteiger partial charge in [0.1, 0.15) is 5.82 Å². The summed E-state index contributed by atoms with van der Waals surface area (Å²) in [6.07, 6.45) is 1.08. The van der Waals surface area contributed by atoms with Crippen LogP contribution in [-0.4, -0.2) is 31.0 Å². The van der Waals surface area contributed by atoms with Gasteiger partial charge in [0.05, 0.1) is 11.1 Å². The highest BCUT2D eigenvalue weighted by atomic mass is 32.2. The lowest BCUT2D eigenvalue weighted by atomic mass is 9.71. The Bertz CT molecular complexity index is 855. The predicted octanol–water partition coefficient (Wildman–Crippen LogP) is 0.134. The molecule has 1 heterocycles. The molecule has 0 bridgehead atoms. The van der Waals surface area contributed by atoms with Crippen LogP contribution in [0.1, 0.15) is 5.56 Å². The summed E-state index contributed by atoms with van der Waals surface area (Å²) in [6.45, 7) is 0. The molecule has 3 N–H and O–H groups in total. The second-order valence-corrected chi connectivity index (χ2v) is 6.50. The van der Waals surface area contributed by atoms with Crippen molar-refractivity contribution in [2.75, 3.05) is 5.73 Å². The number of sulfonamides is 1. The summed E-state index contributed by atoms with van der Waals surface area (Å²) in [5, 5.41) is 13.9. The van der Waals surface area contributed by atoms with Gasteiger partial charge >= 0.3 is 7.05 Å². The third-order valence-corrected chi connectivity index (χ3v) is 4.95. The van der Waals surface area contributed by atoms with Crippen LogP contribution in [0.25, 0.3) is 0 Å². The van der Waals surface area contributed by atoms with E-state index in [9.17, 15) is 17.8 Å². The van der Waals surface area contributed by atoms with E-state index in [0.717, 1.165) is 6.21 Å². The lowest BCUT2D eigenvalue weighted by molar-refractivity contribution is 0.475. The van der Waals surface area contributed by atoms with Crippen molar-refractivity contribution in [1.82, 2.24) is 4.33 Å². The summed E-state index contributed by atoms with van der Waals surface area (Å²) in [5.74, 6) is -0.579. The zero-order valence-electron chi connectivity index (χ0n) is 11.2. The maximum Gasteiger partial charge on any atom is 0.484 e. The number of nitrogen functional groups attached to an aromatic ring is 1. The molecule has 3 rings (SSSR count). The van der Waals surface area contributed by atoms with Crippen molar-refractivity contribution in [3.63, 3.8) is 0 Å². The van der Waals surface area contributed by atoms with Gasteiger partial charge in [-0.25, -0.2) is 12.8 Å². The lowest BCUT2D eigenvalue weighted by Crippen LogP contribution is -2.52. The molecule has 0 saturated heterocycles. The van der Waals surface area contributed by atoms with Crippen molar-refractivity contribution in [2.45, 2.75) is 4.90 Å². The Morgan fingerprint density at radius 1 is 1.18 bits per heavy atom. The van der Waals surface area contributed by atoms with E-state index in [2.05, 4.69) is 5.10 Å². The quantitative estimate of drug-likeness (QED) is 0.608. The molecule has 0 atom stereocenters. The van der Waals surface area contributed by atoms with Gasteiger partial charge in [0.2, 0.25) is 0 Å². The summed E-state index contributed by atoms with van der Waals surface area (Å²) < 4.78 is 39.2. The smallest absolute Gasteiger partial charge is 0.427 e. The average molecular weight is 319 g/mol. The predicted molar refractivity (Wildman–Crippen MR) is 81.5 cm³/mol. The largest absolute Gasteiger partial charge is 0.484 e. The topological polar surface area (TPSA) is 96.0 Å². The first kappa shape index (κ1) is 14.5. The summed E-state index contributed by atoms with van der Waals surface area (Å²) >= 11 is 0. The zero-order chi connectivity index (χ0) is 15.9. The van der Waals surface area contributed by atoms with Crippen molar-refractivity contribution in [3.05, 3.63) is 53.8 Å². The molecule has 2 aromatic rings. The molecule has 6 nitrogen and oxygen atoms in total. The minimum absolute atomic E-state index is 0.0683. The Balaban J connectivity index is 2.05. The van der Waals surface area contributed by atoms with Crippen LogP contribution in [0.2, 0.25) is 0 Å². The molecule has 0 unspecified atom stereocenters. The molecule has 0 saturated carbocycles. The van der Waals surface area contributed by atoms with E-state index in [0.29, 0.717) is 10.0 Å². The van der Waals surface area contributed by atoms with Crippen molar-refractivity contribution < 1.29 is 17.8 Å². The minimum atomic E-state index is -4.08. The van der Waals surface area contributed by atoms with Gasteiger partial charge in [-0.15, -0.1) is 0 Å². The van der Waals surface area contributed by atoms with E-state index in [1.807, 2.05) is 0 Å². The number of rotatable bonds is 2. The van der Waals surface area contributed by atoms with Crippen LogP contribution in [0, 0.1) is 5.82 Å². The van der Waals surface area contributed by atoms with Gasteiger partial charge < -0.3 is 10.8 Å².